The molecule has 1 unspecified atom stereocenters. The summed E-state index contributed by atoms with van der Waals surface area (Å²) >= 11 is 0. The van der Waals surface area contributed by atoms with Gasteiger partial charge in [-0.1, -0.05) is 46.8 Å². The van der Waals surface area contributed by atoms with Crippen molar-refractivity contribution in [3.05, 3.63) is 29.8 Å². The Kier molecular flexibility index (Phi) is 4.67. The van der Waals surface area contributed by atoms with Crippen LogP contribution in [0, 0.1) is 5.41 Å². The van der Waals surface area contributed by atoms with Crippen molar-refractivity contribution in [3.8, 4) is 0 Å². The minimum absolute atomic E-state index is 0.127. The fourth-order valence-electron chi connectivity index (χ4n) is 2.45. The summed E-state index contributed by atoms with van der Waals surface area (Å²) in [5.74, 6) is 0. The molecule has 0 amide bonds. The molecule has 0 aromatic heterocycles. The fraction of sp³-hybridized carbons (Fsp3) is 0.647. The highest BCUT2D eigenvalue weighted by molar-refractivity contribution is 5.41. The zero-order chi connectivity index (χ0) is 14.8. The van der Waals surface area contributed by atoms with Crippen molar-refractivity contribution >= 4 is 5.69 Å². The normalized spacial score (nSPS) is 14.7. The Balaban J connectivity index is 2.82. The van der Waals surface area contributed by atoms with Gasteiger partial charge in [-0.25, -0.2) is 0 Å². The predicted molar refractivity (Wildman–Crippen MR) is 85.4 cm³/mol. The van der Waals surface area contributed by atoms with Crippen molar-refractivity contribution in [3.63, 3.8) is 0 Å². The molecule has 108 valence electrons. The lowest BCUT2D eigenvalue weighted by atomic mass is 9.81. The summed E-state index contributed by atoms with van der Waals surface area (Å²) in [6, 6.07) is 8.81. The molecule has 0 spiro atoms. The summed E-state index contributed by atoms with van der Waals surface area (Å²) in [4.78, 5) is 2.45. The minimum Gasteiger partial charge on any atom is -0.399 e. The summed E-state index contributed by atoms with van der Waals surface area (Å²) < 4.78 is 0. The zero-order valence-corrected chi connectivity index (χ0v) is 13.6. The average molecular weight is 262 g/mol. The van der Waals surface area contributed by atoms with Crippen molar-refractivity contribution < 1.29 is 0 Å². The molecule has 0 fully saturated rings. The smallest absolute Gasteiger partial charge is 0.0314 e. The van der Waals surface area contributed by atoms with Gasteiger partial charge in [0.05, 0.1) is 0 Å². The number of nitrogens with two attached hydrogens (primary N) is 1. The van der Waals surface area contributed by atoms with Crippen LogP contribution in [0.5, 0.6) is 0 Å². The lowest BCUT2D eigenvalue weighted by Crippen LogP contribution is -2.45. The third-order valence-electron chi connectivity index (χ3n) is 4.25. The Bertz CT molecular complexity index is 398. The van der Waals surface area contributed by atoms with Crippen molar-refractivity contribution in [2.45, 2.75) is 53.0 Å². The monoisotopic (exact) mass is 262 g/mol. The van der Waals surface area contributed by atoms with Gasteiger partial charge < -0.3 is 10.6 Å². The molecule has 0 aliphatic rings. The number of likely N-dealkylation sites (N-methyl/N-ethyl adjacent to an activating group) is 1. The maximum Gasteiger partial charge on any atom is 0.0314 e. The van der Waals surface area contributed by atoms with Gasteiger partial charge in [0.15, 0.2) is 0 Å². The molecule has 1 atom stereocenters. The van der Waals surface area contributed by atoms with Crippen LogP contribution in [-0.2, 0) is 5.41 Å². The SMILES string of the molecule is CC(N(C)CC(C)(C)c1ccc(N)cc1)C(C)(C)C. The molecule has 0 radical (unpaired) electrons. The maximum absolute atomic E-state index is 5.77. The van der Waals surface area contributed by atoms with Crippen molar-refractivity contribution in [1.82, 2.24) is 4.90 Å². The topological polar surface area (TPSA) is 29.3 Å². The first-order chi connectivity index (χ1) is 8.54. The largest absolute Gasteiger partial charge is 0.399 e. The van der Waals surface area contributed by atoms with Gasteiger partial charge in [0, 0.05) is 23.7 Å². The fourth-order valence-corrected chi connectivity index (χ4v) is 2.45. The predicted octanol–water partition coefficient (Wildman–Crippen LogP) is 3.91. The van der Waals surface area contributed by atoms with Crippen LogP contribution in [0.1, 0.15) is 47.1 Å². The van der Waals surface area contributed by atoms with Crippen LogP contribution in [0.3, 0.4) is 0 Å². The second-order valence-corrected chi connectivity index (χ2v) is 7.46. The summed E-state index contributed by atoms with van der Waals surface area (Å²) in [5.41, 5.74) is 8.36. The summed E-state index contributed by atoms with van der Waals surface area (Å²) in [6.45, 7) is 14.8. The first-order valence-electron chi connectivity index (χ1n) is 7.10. The van der Waals surface area contributed by atoms with E-state index in [4.69, 9.17) is 5.73 Å². The van der Waals surface area contributed by atoms with Crippen LogP contribution in [0.2, 0.25) is 0 Å². The second-order valence-electron chi connectivity index (χ2n) is 7.46. The summed E-state index contributed by atoms with van der Waals surface area (Å²) in [6.07, 6.45) is 0. The molecule has 19 heavy (non-hydrogen) atoms. The van der Waals surface area contributed by atoms with Crippen molar-refractivity contribution in [2.24, 2.45) is 5.41 Å². The van der Waals surface area contributed by atoms with Gasteiger partial charge >= 0.3 is 0 Å². The molecule has 0 saturated heterocycles. The van der Waals surface area contributed by atoms with Crippen molar-refractivity contribution in [2.75, 3.05) is 19.3 Å². The molecule has 2 heteroatoms. The van der Waals surface area contributed by atoms with Gasteiger partial charge in [0.2, 0.25) is 0 Å². The van der Waals surface area contributed by atoms with E-state index in [1.54, 1.807) is 0 Å². The molecule has 2 nitrogen and oxygen atoms in total. The van der Waals surface area contributed by atoms with E-state index < -0.39 is 0 Å². The molecule has 1 aromatic carbocycles. The van der Waals surface area contributed by atoms with Crippen molar-refractivity contribution in [1.29, 1.82) is 0 Å². The standard InChI is InChI=1S/C17H30N2/c1-13(16(2,3)4)19(7)12-17(5,6)14-8-10-15(18)11-9-14/h8-11,13H,12,18H2,1-7H3. The molecule has 0 aliphatic carbocycles. The van der Waals surface area contributed by atoms with E-state index in [0.29, 0.717) is 11.5 Å². The second kappa shape index (κ2) is 5.54. The van der Waals surface area contributed by atoms with Crippen LogP contribution < -0.4 is 5.73 Å². The Hall–Kier alpha value is -1.02. The van der Waals surface area contributed by atoms with Crippen LogP contribution in [-0.4, -0.2) is 24.5 Å². The van der Waals surface area contributed by atoms with Crippen LogP contribution in [0.15, 0.2) is 24.3 Å². The summed E-state index contributed by atoms with van der Waals surface area (Å²) in [5, 5.41) is 0. The zero-order valence-electron chi connectivity index (χ0n) is 13.6. The Labute approximate surface area is 119 Å². The van der Waals surface area contributed by atoms with E-state index in [-0.39, 0.29) is 5.41 Å². The van der Waals surface area contributed by atoms with Crippen LogP contribution in [0.4, 0.5) is 5.69 Å². The van der Waals surface area contributed by atoms with Gasteiger partial charge in [-0.05, 0) is 37.1 Å². The maximum atomic E-state index is 5.77. The number of benzene rings is 1. The highest BCUT2D eigenvalue weighted by atomic mass is 15.1. The highest BCUT2D eigenvalue weighted by Crippen LogP contribution is 2.29. The van der Waals surface area contributed by atoms with Crippen LogP contribution >= 0.6 is 0 Å². The summed E-state index contributed by atoms with van der Waals surface area (Å²) in [7, 11) is 2.22. The van der Waals surface area contributed by atoms with Gasteiger partial charge in [-0.3, -0.25) is 0 Å². The number of anilines is 1. The Morgan fingerprint density at radius 1 is 1.05 bits per heavy atom. The molecule has 0 bridgehead atoms. The number of hydrogen-bond acceptors (Lipinski definition) is 2. The Morgan fingerprint density at radius 2 is 1.53 bits per heavy atom. The van der Waals surface area contributed by atoms with Gasteiger partial charge in [-0.2, -0.15) is 0 Å². The number of rotatable bonds is 4. The van der Waals surface area contributed by atoms with E-state index in [0.717, 1.165) is 12.2 Å². The number of nitrogens with zero attached hydrogens (tertiary/aromatic N) is 1. The number of nitrogen functional groups attached to an aromatic ring is 1. The first kappa shape index (κ1) is 16.0. The van der Waals surface area contributed by atoms with E-state index >= 15 is 0 Å². The molecule has 0 heterocycles. The minimum atomic E-state index is 0.127. The number of hydrogen-bond donors (Lipinski definition) is 1. The quantitative estimate of drug-likeness (QED) is 0.834. The average Bonchev–Trinajstić information content (AvgIpc) is 2.26. The third-order valence-corrected chi connectivity index (χ3v) is 4.25. The van der Waals surface area contributed by atoms with E-state index in [9.17, 15) is 0 Å². The molecule has 0 saturated carbocycles. The molecular formula is C17H30N2. The van der Waals surface area contributed by atoms with E-state index in [1.165, 1.54) is 5.56 Å². The van der Waals surface area contributed by atoms with E-state index in [1.807, 2.05) is 12.1 Å². The van der Waals surface area contributed by atoms with Gasteiger partial charge in [-0.15, -0.1) is 0 Å². The third kappa shape index (κ3) is 4.24. The first-order valence-corrected chi connectivity index (χ1v) is 7.10. The Morgan fingerprint density at radius 3 is 1.95 bits per heavy atom. The highest BCUT2D eigenvalue weighted by Gasteiger charge is 2.29. The van der Waals surface area contributed by atoms with Gasteiger partial charge in [0.1, 0.15) is 0 Å². The molecule has 0 aliphatic heterocycles. The van der Waals surface area contributed by atoms with Crippen LogP contribution in [0.25, 0.3) is 0 Å². The molecule has 1 rings (SSSR count). The van der Waals surface area contributed by atoms with E-state index in [2.05, 4.69) is 65.6 Å². The molecule has 2 N–H and O–H groups in total. The molecular weight excluding hydrogens is 232 g/mol. The molecule has 1 aromatic rings. The lowest BCUT2D eigenvalue weighted by molar-refractivity contribution is 0.120. The lowest BCUT2D eigenvalue weighted by Gasteiger charge is -2.40. The van der Waals surface area contributed by atoms with Gasteiger partial charge in [0.25, 0.3) is 0 Å².